The number of carbonyl (C=O) groups is 3. The number of ether oxygens (including phenoxy) is 1. The molecule has 0 heterocycles. The van der Waals surface area contributed by atoms with E-state index in [2.05, 4.69) is 0 Å². The Kier molecular flexibility index (Phi) is 3.99. The van der Waals surface area contributed by atoms with Crippen molar-refractivity contribution in [3.8, 4) is 0 Å². The molecule has 0 radical (unpaired) electrons. The van der Waals surface area contributed by atoms with E-state index >= 15 is 0 Å². The van der Waals surface area contributed by atoms with Crippen molar-refractivity contribution >= 4 is 17.5 Å². The molecule has 16 heavy (non-hydrogen) atoms. The number of carbonyl (C=O) groups excluding carboxylic acids is 3. The van der Waals surface area contributed by atoms with Gasteiger partial charge in [-0.15, -0.1) is 0 Å². The molecular formula is C12H16O4. The third-order valence-electron chi connectivity index (χ3n) is 2.80. The number of Topliss-reactive ketones (excluding diaryl/α,β-unsaturated/α-hetero) is 2. The summed E-state index contributed by atoms with van der Waals surface area (Å²) in [6.07, 6.45) is 3.42. The van der Waals surface area contributed by atoms with Gasteiger partial charge in [-0.3, -0.25) is 14.4 Å². The smallest absolute Gasteiger partial charge is 0.303 e. The summed E-state index contributed by atoms with van der Waals surface area (Å²) in [5.41, 5.74) is 0. The lowest BCUT2D eigenvalue weighted by Crippen LogP contribution is -2.40. The quantitative estimate of drug-likeness (QED) is 0.535. The molecule has 4 nitrogen and oxygen atoms in total. The monoisotopic (exact) mass is 224 g/mol. The Labute approximate surface area is 94.7 Å². The summed E-state index contributed by atoms with van der Waals surface area (Å²) < 4.78 is 5.05. The van der Waals surface area contributed by atoms with Crippen LogP contribution in [0.3, 0.4) is 0 Å². The van der Waals surface area contributed by atoms with Gasteiger partial charge in [-0.2, -0.15) is 0 Å². The van der Waals surface area contributed by atoms with Crippen molar-refractivity contribution in [1.29, 1.82) is 0 Å². The summed E-state index contributed by atoms with van der Waals surface area (Å²) in [6.45, 7) is 4.18. The Hall–Kier alpha value is -1.45. The van der Waals surface area contributed by atoms with Gasteiger partial charge in [-0.1, -0.05) is 6.08 Å². The van der Waals surface area contributed by atoms with Crippen molar-refractivity contribution in [3.63, 3.8) is 0 Å². The molecule has 1 aliphatic carbocycles. The number of rotatable bonds is 3. The van der Waals surface area contributed by atoms with Crippen LogP contribution in [-0.2, 0) is 19.1 Å². The van der Waals surface area contributed by atoms with Gasteiger partial charge in [0.05, 0.1) is 5.92 Å². The molecule has 1 rings (SSSR count). The summed E-state index contributed by atoms with van der Waals surface area (Å²) in [5, 5.41) is 0. The molecule has 0 bridgehead atoms. The van der Waals surface area contributed by atoms with Crippen LogP contribution in [0.5, 0.6) is 0 Å². The second-order valence-corrected chi connectivity index (χ2v) is 4.09. The largest absolute Gasteiger partial charge is 0.458 e. The predicted octanol–water partition coefficient (Wildman–Crippen LogP) is 1.29. The Morgan fingerprint density at radius 2 is 1.75 bits per heavy atom. The number of esters is 1. The van der Waals surface area contributed by atoms with E-state index < -0.39 is 18.0 Å². The Morgan fingerprint density at radius 1 is 1.12 bits per heavy atom. The van der Waals surface area contributed by atoms with Crippen LogP contribution in [0.25, 0.3) is 0 Å². The van der Waals surface area contributed by atoms with Crippen molar-refractivity contribution in [2.24, 2.45) is 11.8 Å². The zero-order valence-corrected chi connectivity index (χ0v) is 9.73. The van der Waals surface area contributed by atoms with Crippen LogP contribution in [0.2, 0.25) is 0 Å². The molecule has 1 aliphatic rings. The van der Waals surface area contributed by atoms with E-state index in [4.69, 9.17) is 4.74 Å². The van der Waals surface area contributed by atoms with Gasteiger partial charge in [0.15, 0.2) is 0 Å². The van der Waals surface area contributed by atoms with Crippen molar-refractivity contribution in [3.05, 3.63) is 12.2 Å². The van der Waals surface area contributed by atoms with Crippen LogP contribution in [0, 0.1) is 11.8 Å². The van der Waals surface area contributed by atoms with Gasteiger partial charge < -0.3 is 4.74 Å². The fourth-order valence-corrected chi connectivity index (χ4v) is 2.09. The molecule has 0 aliphatic heterocycles. The second kappa shape index (κ2) is 5.05. The van der Waals surface area contributed by atoms with E-state index in [1.807, 2.05) is 0 Å². The SMILES string of the molecule is CC(=O)OC1C=CCC(C(C)=O)C1C(C)=O. The maximum Gasteiger partial charge on any atom is 0.303 e. The Bertz CT molecular complexity index is 343. The van der Waals surface area contributed by atoms with Gasteiger partial charge in [0, 0.05) is 12.8 Å². The fraction of sp³-hybridized carbons (Fsp3) is 0.583. The fourth-order valence-electron chi connectivity index (χ4n) is 2.09. The number of hydrogen-bond acceptors (Lipinski definition) is 4. The molecule has 3 unspecified atom stereocenters. The molecule has 0 N–H and O–H groups in total. The maximum atomic E-state index is 11.5. The number of allylic oxidation sites excluding steroid dienone is 1. The molecule has 0 saturated heterocycles. The summed E-state index contributed by atoms with van der Waals surface area (Å²) in [6, 6.07) is 0. The summed E-state index contributed by atoms with van der Waals surface area (Å²) in [4.78, 5) is 33.9. The van der Waals surface area contributed by atoms with Crippen molar-refractivity contribution in [2.45, 2.75) is 33.3 Å². The first-order chi connectivity index (χ1) is 7.43. The van der Waals surface area contributed by atoms with E-state index in [0.29, 0.717) is 6.42 Å². The average molecular weight is 224 g/mol. The van der Waals surface area contributed by atoms with Crippen molar-refractivity contribution < 1.29 is 19.1 Å². The van der Waals surface area contributed by atoms with Gasteiger partial charge in [0.1, 0.15) is 17.7 Å². The minimum Gasteiger partial charge on any atom is -0.458 e. The van der Waals surface area contributed by atoms with Crippen LogP contribution < -0.4 is 0 Å². The van der Waals surface area contributed by atoms with Gasteiger partial charge in [0.25, 0.3) is 0 Å². The average Bonchev–Trinajstić information content (AvgIpc) is 2.15. The molecule has 0 aromatic carbocycles. The highest BCUT2D eigenvalue weighted by Crippen LogP contribution is 2.29. The second-order valence-electron chi connectivity index (χ2n) is 4.09. The molecule has 0 spiro atoms. The van der Waals surface area contributed by atoms with Gasteiger partial charge in [0.2, 0.25) is 0 Å². The van der Waals surface area contributed by atoms with Gasteiger partial charge >= 0.3 is 5.97 Å². The first kappa shape index (κ1) is 12.6. The lowest BCUT2D eigenvalue weighted by atomic mass is 9.77. The van der Waals surface area contributed by atoms with E-state index in [1.54, 1.807) is 12.2 Å². The van der Waals surface area contributed by atoms with Gasteiger partial charge in [-0.25, -0.2) is 0 Å². The van der Waals surface area contributed by atoms with Crippen LogP contribution in [-0.4, -0.2) is 23.6 Å². The third kappa shape index (κ3) is 2.78. The van der Waals surface area contributed by atoms with Crippen LogP contribution in [0.15, 0.2) is 12.2 Å². The molecule has 0 saturated carbocycles. The molecule has 0 amide bonds. The molecule has 4 heteroatoms. The standard InChI is InChI=1S/C12H16O4/c1-7(13)10-5-4-6-11(16-9(3)15)12(10)8(2)14/h4,6,10-12H,5H2,1-3H3. The first-order valence-electron chi connectivity index (χ1n) is 5.28. The molecule has 3 atom stereocenters. The predicted molar refractivity (Wildman–Crippen MR) is 57.7 cm³/mol. The Balaban J connectivity index is 2.94. The highest BCUT2D eigenvalue weighted by Gasteiger charge is 2.38. The minimum absolute atomic E-state index is 0.0401. The molecule has 88 valence electrons. The highest BCUT2D eigenvalue weighted by molar-refractivity contribution is 5.88. The van der Waals surface area contributed by atoms with Gasteiger partial charge in [-0.05, 0) is 26.3 Å². The van der Waals surface area contributed by atoms with Crippen molar-refractivity contribution in [1.82, 2.24) is 0 Å². The zero-order chi connectivity index (χ0) is 12.3. The molecule has 0 aromatic rings. The number of hydrogen-bond donors (Lipinski definition) is 0. The lowest BCUT2D eigenvalue weighted by molar-refractivity contribution is -0.151. The van der Waals surface area contributed by atoms with E-state index in [-0.39, 0.29) is 17.5 Å². The lowest BCUT2D eigenvalue weighted by Gasteiger charge is -2.30. The Morgan fingerprint density at radius 3 is 2.19 bits per heavy atom. The maximum absolute atomic E-state index is 11.5. The minimum atomic E-state index is -0.599. The number of ketones is 2. The van der Waals surface area contributed by atoms with Crippen LogP contribution in [0.4, 0.5) is 0 Å². The zero-order valence-electron chi connectivity index (χ0n) is 9.73. The van der Waals surface area contributed by atoms with Crippen molar-refractivity contribution in [2.75, 3.05) is 0 Å². The topological polar surface area (TPSA) is 60.4 Å². The third-order valence-corrected chi connectivity index (χ3v) is 2.80. The summed E-state index contributed by atoms with van der Waals surface area (Å²) in [5.74, 6) is -1.50. The molecular weight excluding hydrogens is 208 g/mol. The highest BCUT2D eigenvalue weighted by atomic mass is 16.5. The van der Waals surface area contributed by atoms with Crippen LogP contribution in [0.1, 0.15) is 27.2 Å². The van der Waals surface area contributed by atoms with E-state index in [0.717, 1.165) is 0 Å². The summed E-state index contributed by atoms with van der Waals surface area (Å²) >= 11 is 0. The summed E-state index contributed by atoms with van der Waals surface area (Å²) in [7, 11) is 0. The van der Waals surface area contributed by atoms with E-state index in [9.17, 15) is 14.4 Å². The van der Waals surface area contributed by atoms with Crippen LogP contribution >= 0.6 is 0 Å². The van der Waals surface area contributed by atoms with E-state index in [1.165, 1.54) is 20.8 Å². The molecule has 0 fully saturated rings. The molecule has 0 aromatic heterocycles. The normalized spacial score (nSPS) is 28.6. The first-order valence-corrected chi connectivity index (χ1v) is 5.28.